The first-order chi connectivity index (χ1) is 9.96. The minimum absolute atomic E-state index is 0.225. The molecule has 0 N–H and O–H groups in total. The van der Waals surface area contributed by atoms with Gasteiger partial charge in [0.05, 0.1) is 6.42 Å². The van der Waals surface area contributed by atoms with Gasteiger partial charge in [0.1, 0.15) is 0 Å². The summed E-state index contributed by atoms with van der Waals surface area (Å²) in [4.78, 5) is 13.6. The normalized spacial score (nSPS) is 20.1. The van der Waals surface area contributed by atoms with E-state index in [-0.39, 0.29) is 11.8 Å². The predicted molar refractivity (Wildman–Crippen MR) is 74.9 cm³/mol. The maximum Gasteiger partial charge on any atom is 0.389 e. The van der Waals surface area contributed by atoms with Gasteiger partial charge in [0.15, 0.2) is 0 Å². The summed E-state index contributed by atoms with van der Waals surface area (Å²) < 4.78 is 36.7. The molecule has 0 bridgehead atoms. The molecule has 0 saturated carbocycles. The molecule has 1 aliphatic heterocycles. The Labute approximate surface area is 122 Å². The smallest absolute Gasteiger partial charge is 0.342 e. The van der Waals surface area contributed by atoms with E-state index in [9.17, 15) is 18.0 Å². The number of halogens is 3. The second-order valence-electron chi connectivity index (χ2n) is 5.56. The Morgan fingerprint density at radius 1 is 1.19 bits per heavy atom. The zero-order chi connectivity index (χ0) is 15.3. The summed E-state index contributed by atoms with van der Waals surface area (Å²) in [5, 5.41) is 0. The number of hydrogen-bond acceptors (Lipinski definition) is 1. The molecule has 2 rings (SSSR count). The fraction of sp³-hybridized carbons (Fsp3) is 0.562. The van der Waals surface area contributed by atoms with Gasteiger partial charge in [-0.15, -0.1) is 0 Å². The van der Waals surface area contributed by atoms with E-state index in [4.69, 9.17) is 0 Å². The van der Waals surface area contributed by atoms with Crippen molar-refractivity contribution < 1.29 is 18.0 Å². The van der Waals surface area contributed by atoms with Crippen molar-refractivity contribution in [1.82, 2.24) is 4.90 Å². The Morgan fingerprint density at radius 3 is 2.57 bits per heavy atom. The van der Waals surface area contributed by atoms with Crippen LogP contribution < -0.4 is 0 Å². The van der Waals surface area contributed by atoms with Crippen LogP contribution >= 0.6 is 0 Å². The van der Waals surface area contributed by atoms with Gasteiger partial charge in [-0.1, -0.05) is 36.8 Å². The molecular formula is C16H20F3NO. The van der Waals surface area contributed by atoms with E-state index >= 15 is 0 Å². The maximum absolute atomic E-state index is 12.2. The van der Waals surface area contributed by atoms with E-state index in [0.29, 0.717) is 13.1 Å². The minimum Gasteiger partial charge on any atom is -0.342 e. The lowest BCUT2D eigenvalue weighted by molar-refractivity contribution is -0.149. The van der Waals surface area contributed by atoms with Crippen LogP contribution in [-0.2, 0) is 4.79 Å². The van der Waals surface area contributed by atoms with Crippen LogP contribution in [0, 0.1) is 0 Å². The Hall–Kier alpha value is -1.52. The topological polar surface area (TPSA) is 20.3 Å². The first kappa shape index (κ1) is 15.9. The third-order valence-electron chi connectivity index (χ3n) is 3.92. The highest BCUT2D eigenvalue weighted by Gasteiger charge is 2.30. The first-order valence-electron chi connectivity index (χ1n) is 7.35. The van der Waals surface area contributed by atoms with Crippen LogP contribution in [0.15, 0.2) is 30.3 Å². The number of carbonyl (C=O) groups excluding carboxylic acids is 1. The second kappa shape index (κ2) is 6.96. The van der Waals surface area contributed by atoms with Crippen molar-refractivity contribution in [2.75, 3.05) is 13.1 Å². The molecule has 116 valence electrons. The Morgan fingerprint density at radius 2 is 1.90 bits per heavy atom. The van der Waals surface area contributed by atoms with Crippen molar-refractivity contribution in [1.29, 1.82) is 0 Å². The van der Waals surface area contributed by atoms with Gasteiger partial charge in [-0.2, -0.15) is 13.2 Å². The summed E-state index contributed by atoms with van der Waals surface area (Å²) in [6.45, 7) is 1.10. The van der Waals surface area contributed by atoms with Crippen LogP contribution in [0.25, 0.3) is 0 Å². The van der Waals surface area contributed by atoms with E-state index in [0.717, 1.165) is 24.8 Å². The molecule has 0 spiro atoms. The van der Waals surface area contributed by atoms with Gasteiger partial charge >= 0.3 is 6.18 Å². The molecule has 2 nitrogen and oxygen atoms in total. The molecule has 1 aromatic carbocycles. The van der Waals surface area contributed by atoms with Gasteiger partial charge in [0.25, 0.3) is 0 Å². The number of hydrogen-bond donors (Lipinski definition) is 0. The number of alkyl halides is 3. The van der Waals surface area contributed by atoms with Gasteiger partial charge in [-0.3, -0.25) is 4.79 Å². The first-order valence-corrected chi connectivity index (χ1v) is 7.35. The Balaban J connectivity index is 1.98. The van der Waals surface area contributed by atoms with E-state index in [1.807, 2.05) is 30.3 Å². The van der Waals surface area contributed by atoms with Crippen molar-refractivity contribution in [2.45, 2.75) is 44.2 Å². The number of nitrogens with zero attached hydrogens (tertiary/aromatic N) is 1. The van der Waals surface area contributed by atoms with Gasteiger partial charge in [0.2, 0.25) is 5.91 Å². The van der Waals surface area contributed by atoms with Crippen molar-refractivity contribution in [3.8, 4) is 0 Å². The van der Waals surface area contributed by atoms with Crippen LogP contribution in [0.5, 0.6) is 0 Å². The lowest BCUT2D eigenvalue weighted by Crippen LogP contribution is -2.34. The van der Waals surface area contributed by atoms with Crippen LogP contribution in [0.1, 0.15) is 43.6 Å². The quantitative estimate of drug-likeness (QED) is 0.822. The molecule has 1 amide bonds. The summed E-state index contributed by atoms with van der Waals surface area (Å²) in [6.07, 6.45) is -2.89. The van der Waals surface area contributed by atoms with E-state index < -0.39 is 19.0 Å². The highest BCUT2D eigenvalue weighted by Crippen LogP contribution is 2.28. The van der Waals surface area contributed by atoms with Crippen molar-refractivity contribution in [3.05, 3.63) is 35.9 Å². The van der Waals surface area contributed by atoms with Gasteiger partial charge in [-0.05, 0) is 18.4 Å². The van der Waals surface area contributed by atoms with Crippen molar-refractivity contribution in [2.24, 2.45) is 0 Å². The third-order valence-corrected chi connectivity index (χ3v) is 3.92. The van der Waals surface area contributed by atoms with Crippen molar-refractivity contribution >= 4 is 5.91 Å². The average Bonchev–Trinajstić information content (AvgIpc) is 2.71. The molecule has 1 atom stereocenters. The molecule has 1 aromatic rings. The number of rotatable bonds is 3. The lowest BCUT2D eigenvalue weighted by Gasteiger charge is -2.25. The fourth-order valence-electron chi connectivity index (χ4n) is 2.77. The molecule has 5 heteroatoms. The summed E-state index contributed by atoms with van der Waals surface area (Å²) in [5.41, 5.74) is 1.16. The molecule has 0 radical (unpaired) electrons. The van der Waals surface area contributed by atoms with Crippen LogP contribution in [-0.4, -0.2) is 30.1 Å². The SMILES string of the molecule is O=C(CCC(F)(F)F)N1CCCC[C@H](c2ccccc2)C1. The fourth-order valence-corrected chi connectivity index (χ4v) is 2.77. The van der Waals surface area contributed by atoms with E-state index in [1.54, 1.807) is 4.90 Å². The number of likely N-dealkylation sites (tertiary alicyclic amines) is 1. The van der Waals surface area contributed by atoms with E-state index in [2.05, 4.69) is 0 Å². The summed E-state index contributed by atoms with van der Waals surface area (Å²) in [7, 11) is 0. The average molecular weight is 299 g/mol. The Kier molecular flexibility index (Phi) is 5.26. The second-order valence-corrected chi connectivity index (χ2v) is 5.56. The summed E-state index contributed by atoms with van der Waals surface area (Å²) in [6, 6.07) is 9.89. The molecule has 1 fully saturated rings. The third kappa shape index (κ3) is 5.06. The zero-order valence-corrected chi connectivity index (χ0v) is 11.9. The number of amides is 1. The van der Waals surface area contributed by atoms with Crippen LogP contribution in [0.3, 0.4) is 0 Å². The molecule has 1 saturated heterocycles. The van der Waals surface area contributed by atoms with Crippen LogP contribution in [0.4, 0.5) is 13.2 Å². The molecule has 1 aliphatic rings. The molecule has 0 aliphatic carbocycles. The summed E-state index contributed by atoms with van der Waals surface area (Å²) >= 11 is 0. The van der Waals surface area contributed by atoms with E-state index in [1.165, 1.54) is 0 Å². The Bertz CT molecular complexity index is 458. The lowest BCUT2D eigenvalue weighted by atomic mass is 9.94. The molecule has 1 heterocycles. The highest BCUT2D eigenvalue weighted by atomic mass is 19.4. The minimum atomic E-state index is -4.26. The van der Waals surface area contributed by atoms with Crippen molar-refractivity contribution in [3.63, 3.8) is 0 Å². The maximum atomic E-state index is 12.2. The molecule has 0 unspecified atom stereocenters. The monoisotopic (exact) mass is 299 g/mol. The molecular weight excluding hydrogens is 279 g/mol. The zero-order valence-electron chi connectivity index (χ0n) is 11.9. The highest BCUT2D eigenvalue weighted by molar-refractivity contribution is 5.76. The standard InChI is InChI=1S/C16H20F3NO/c17-16(18,19)10-9-15(21)20-11-5-4-8-14(12-20)13-6-2-1-3-7-13/h1-3,6-7,14H,4-5,8-12H2/t14-/m0/s1. The van der Waals surface area contributed by atoms with Gasteiger partial charge < -0.3 is 4.90 Å². The van der Waals surface area contributed by atoms with Crippen LogP contribution in [0.2, 0.25) is 0 Å². The summed E-state index contributed by atoms with van der Waals surface area (Å²) in [5.74, 6) is -0.154. The number of benzene rings is 1. The largest absolute Gasteiger partial charge is 0.389 e. The predicted octanol–water partition coefficient (Wildman–Crippen LogP) is 4.13. The molecule has 0 aromatic heterocycles. The van der Waals surface area contributed by atoms with Gasteiger partial charge in [0, 0.05) is 25.4 Å². The number of carbonyl (C=O) groups is 1. The van der Waals surface area contributed by atoms with Gasteiger partial charge in [-0.25, -0.2) is 0 Å². The molecule has 21 heavy (non-hydrogen) atoms.